The van der Waals surface area contributed by atoms with Gasteiger partial charge in [0.1, 0.15) is 6.10 Å². The van der Waals surface area contributed by atoms with Crippen LogP contribution in [0.1, 0.15) is 45.4 Å². The minimum Gasteiger partial charge on any atom is -0.459 e. The largest absolute Gasteiger partial charge is 0.459 e. The average Bonchev–Trinajstić information content (AvgIpc) is 2.97. The van der Waals surface area contributed by atoms with Crippen molar-refractivity contribution in [2.45, 2.75) is 47.3 Å². The molecule has 0 aliphatic carbocycles. The van der Waals surface area contributed by atoms with Crippen LogP contribution in [0.25, 0.3) is 5.65 Å². The number of aryl methyl sites for hydroxylation is 4. The van der Waals surface area contributed by atoms with Crippen molar-refractivity contribution in [3.8, 4) is 0 Å². The van der Waals surface area contributed by atoms with E-state index in [1.54, 1.807) is 4.90 Å². The number of hydrogen-bond donors (Lipinski definition) is 1. The molecule has 3 aromatic rings. The number of likely N-dealkylation sites (tertiary alicyclic amines) is 1. The first-order valence-electron chi connectivity index (χ1n) is 10.5. The summed E-state index contributed by atoms with van der Waals surface area (Å²) in [5.74, 6) is -0.396. The second kappa shape index (κ2) is 8.06. The Morgan fingerprint density at radius 3 is 2.48 bits per heavy atom. The van der Waals surface area contributed by atoms with Crippen LogP contribution in [0.3, 0.4) is 0 Å². The molecule has 0 bridgehead atoms. The van der Waals surface area contributed by atoms with Gasteiger partial charge in [-0.05, 0) is 50.5 Å². The zero-order chi connectivity index (χ0) is 22.3. The van der Waals surface area contributed by atoms with Gasteiger partial charge in [0, 0.05) is 25.4 Å². The fraction of sp³-hybridized carbons (Fsp3) is 0.375. The standard InChI is InChI=1S/C24H28N4O3/c1-14-7-6-8-15(2)21(14)10-25-22-9-19(11-28-17(4)16(3)26-23(22)28)24(30)27-12-20(13-27)31-18(5)29/h6-9,11,20,25H,10,12-13H2,1-5H3. The minimum absolute atomic E-state index is 0.0776. The van der Waals surface area contributed by atoms with Gasteiger partial charge in [0.15, 0.2) is 5.65 Å². The van der Waals surface area contributed by atoms with E-state index in [4.69, 9.17) is 9.72 Å². The normalized spacial score (nSPS) is 13.9. The van der Waals surface area contributed by atoms with Crippen LogP contribution in [-0.2, 0) is 16.1 Å². The number of nitrogens with one attached hydrogen (secondary N) is 1. The van der Waals surface area contributed by atoms with Gasteiger partial charge in [0.05, 0.1) is 30.0 Å². The fourth-order valence-corrected chi connectivity index (χ4v) is 4.03. The summed E-state index contributed by atoms with van der Waals surface area (Å²) >= 11 is 0. The molecule has 0 unspecified atom stereocenters. The van der Waals surface area contributed by atoms with Crippen LogP contribution in [0, 0.1) is 27.7 Å². The Bertz CT molecular complexity index is 1160. The number of pyridine rings is 1. The number of carbonyl (C=O) groups excluding carboxylic acids is 2. The molecule has 1 aromatic carbocycles. The van der Waals surface area contributed by atoms with Crippen LogP contribution in [0.5, 0.6) is 0 Å². The Kier molecular flexibility index (Phi) is 5.43. The van der Waals surface area contributed by atoms with Crippen LogP contribution < -0.4 is 5.32 Å². The Morgan fingerprint density at radius 2 is 1.84 bits per heavy atom. The molecule has 0 saturated carbocycles. The van der Waals surface area contributed by atoms with Crippen molar-refractivity contribution in [2.24, 2.45) is 0 Å². The van der Waals surface area contributed by atoms with Gasteiger partial charge in [-0.3, -0.25) is 9.59 Å². The van der Waals surface area contributed by atoms with Crippen molar-refractivity contribution in [1.82, 2.24) is 14.3 Å². The molecule has 1 aliphatic rings. The first-order chi connectivity index (χ1) is 14.7. The molecular weight excluding hydrogens is 392 g/mol. The number of imidazole rings is 1. The van der Waals surface area contributed by atoms with Gasteiger partial charge in [-0.25, -0.2) is 4.98 Å². The summed E-state index contributed by atoms with van der Waals surface area (Å²) in [5, 5.41) is 3.51. The van der Waals surface area contributed by atoms with Gasteiger partial charge in [-0.1, -0.05) is 18.2 Å². The number of anilines is 1. The van der Waals surface area contributed by atoms with Crippen molar-refractivity contribution in [2.75, 3.05) is 18.4 Å². The predicted molar refractivity (Wildman–Crippen MR) is 119 cm³/mol. The van der Waals surface area contributed by atoms with Gasteiger partial charge in [-0.15, -0.1) is 0 Å². The summed E-state index contributed by atoms with van der Waals surface area (Å²) in [7, 11) is 0. The minimum atomic E-state index is -0.319. The quantitative estimate of drug-likeness (QED) is 0.639. The molecule has 2 aromatic heterocycles. The van der Waals surface area contributed by atoms with Gasteiger partial charge >= 0.3 is 5.97 Å². The van der Waals surface area contributed by atoms with E-state index in [0.717, 1.165) is 22.7 Å². The Balaban J connectivity index is 1.63. The molecule has 7 nitrogen and oxygen atoms in total. The van der Waals surface area contributed by atoms with E-state index in [-0.39, 0.29) is 18.0 Å². The lowest BCUT2D eigenvalue weighted by molar-refractivity contribution is -0.152. The molecule has 1 fully saturated rings. The molecule has 31 heavy (non-hydrogen) atoms. The number of nitrogens with zero attached hydrogens (tertiary/aromatic N) is 3. The lowest BCUT2D eigenvalue weighted by Gasteiger charge is -2.38. The molecule has 7 heteroatoms. The number of rotatable bonds is 5. The van der Waals surface area contributed by atoms with Crippen molar-refractivity contribution >= 4 is 23.2 Å². The monoisotopic (exact) mass is 420 g/mol. The SMILES string of the molecule is CC(=O)OC1CN(C(=O)c2cc(NCc3c(C)cccc3C)c3nc(C)c(C)n3c2)C1. The first kappa shape index (κ1) is 20.9. The summed E-state index contributed by atoms with van der Waals surface area (Å²) in [4.78, 5) is 30.6. The maximum Gasteiger partial charge on any atom is 0.303 e. The Labute approximate surface area is 182 Å². The number of carbonyl (C=O) groups is 2. The zero-order valence-electron chi connectivity index (χ0n) is 18.7. The van der Waals surface area contributed by atoms with Gasteiger partial charge < -0.3 is 19.4 Å². The Hall–Kier alpha value is -3.35. The van der Waals surface area contributed by atoms with Crippen molar-refractivity contribution in [3.05, 3.63) is 64.1 Å². The van der Waals surface area contributed by atoms with Crippen molar-refractivity contribution < 1.29 is 14.3 Å². The maximum absolute atomic E-state index is 13.1. The summed E-state index contributed by atoms with van der Waals surface area (Å²) < 4.78 is 7.14. The van der Waals surface area contributed by atoms with Crippen molar-refractivity contribution in [1.29, 1.82) is 0 Å². The van der Waals surface area contributed by atoms with Crippen LogP contribution in [0.15, 0.2) is 30.5 Å². The van der Waals surface area contributed by atoms with Gasteiger partial charge in [-0.2, -0.15) is 0 Å². The summed E-state index contributed by atoms with van der Waals surface area (Å²) in [6.45, 7) is 11.1. The van der Waals surface area contributed by atoms with E-state index in [1.807, 2.05) is 30.5 Å². The highest BCUT2D eigenvalue weighted by Crippen LogP contribution is 2.25. The highest BCUT2D eigenvalue weighted by atomic mass is 16.5. The number of esters is 1. The van der Waals surface area contributed by atoms with E-state index in [1.165, 1.54) is 23.6 Å². The van der Waals surface area contributed by atoms with Crippen LogP contribution in [0.4, 0.5) is 5.69 Å². The molecule has 0 atom stereocenters. The van der Waals surface area contributed by atoms with E-state index < -0.39 is 0 Å². The smallest absolute Gasteiger partial charge is 0.303 e. The number of amides is 1. The van der Waals surface area contributed by atoms with E-state index in [2.05, 4.69) is 37.4 Å². The third kappa shape index (κ3) is 4.00. The number of fused-ring (bicyclic) bond motifs is 1. The molecule has 0 spiro atoms. The Morgan fingerprint density at radius 1 is 1.16 bits per heavy atom. The second-order valence-corrected chi connectivity index (χ2v) is 8.28. The first-order valence-corrected chi connectivity index (χ1v) is 10.5. The molecule has 1 aliphatic heterocycles. The van der Waals surface area contributed by atoms with Crippen LogP contribution in [0.2, 0.25) is 0 Å². The van der Waals surface area contributed by atoms with Crippen LogP contribution >= 0.6 is 0 Å². The highest BCUT2D eigenvalue weighted by Gasteiger charge is 2.34. The van der Waals surface area contributed by atoms with Gasteiger partial charge in [0.25, 0.3) is 5.91 Å². The van der Waals surface area contributed by atoms with E-state index in [0.29, 0.717) is 25.2 Å². The zero-order valence-corrected chi connectivity index (χ0v) is 18.7. The highest BCUT2D eigenvalue weighted by molar-refractivity contribution is 5.96. The summed E-state index contributed by atoms with van der Waals surface area (Å²) in [5.41, 5.74) is 7.83. The number of ether oxygens (including phenoxy) is 1. The molecule has 0 radical (unpaired) electrons. The van der Waals surface area contributed by atoms with Crippen LogP contribution in [-0.4, -0.2) is 45.4 Å². The lowest BCUT2D eigenvalue weighted by atomic mass is 10.0. The second-order valence-electron chi connectivity index (χ2n) is 8.28. The number of hydrogen-bond acceptors (Lipinski definition) is 5. The van der Waals surface area contributed by atoms with Crippen molar-refractivity contribution in [3.63, 3.8) is 0 Å². The topological polar surface area (TPSA) is 75.9 Å². The molecule has 4 rings (SSSR count). The molecular formula is C24H28N4O3. The third-order valence-corrected chi connectivity index (χ3v) is 6.01. The molecule has 1 N–H and O–H groups in total. The fourth-order valence-electron chi connectivity index (χ4n) is 4.03. The molecule has 3 heterocycles. The summed E-state index contributed by atoms with van der Waals surface area (Å²) in [6, 6.07) is 8.14. The number of aromatic nitrogens is 2. The van der Waals surface area contributed by atoms with E-state index >= 15 is 0 Å². The third-order valence-electron chi connectivity index (χ3n) is 6.01. The molecule has 1 amide bonds. The molecule has 162 valence electrons. The van der Waals surface area contributed by atoms with E-state index in [9.17, 15) is 9.59 Å². The lowest BCUT2D eigenvalue weighted by Crippen LogP contribution is -2.55. The number of benzene rings is 1. The van der Waals surface area contributed by atoms with Gasteiger partial charge in [0.2, 0.25) is 0 Å². The summed E-state index contributed by atoms with van der Waals surface area (Å²) in [6.07, 6.45) is 1.63. The average molecular weight is 421 g/mol. The predicted octanol–water partition coefficient (Wildman–Crippen LogP) is 3.57. The maximum atomic E-state index is 13.1. The molecule has 1 saturated heterocycles.